The average Bonchev–Trinajstić information content (AvgIpc) is 3.02. The van der Waals surface area contributed by atoms with Crippen LogP contribution in [0.25, 0.3) is 22.4 Å². The summed E-state index contributed by atoms with van der Waals surface area (Å²) in [5, 5.41) is 0.813. The topological polar surface area (TPSA) is 17.8 Å². The summed E-state index contributed by atoms with van der Waals surface area (Å²) in [6.45, 7) is 3.12. The summed E-state index contributed by atoms with van der Waals surface area (Å²) in [6, 6.07) is 14.8. The third-order valence-electron chi connectivity index (χ3n) is 4.59. The SMILES string of the molecule is Cc1ccc(-c2ccc(-c3cn4c(n3)CCCC4)cc2)cc1Cl.Cl. The first kappa shape index (κ1) is 17.1. The molecule has 0 radical (unpaired) electrons. The highest BCUT2D eigenvalue weighted by molar-refractivity contribution is 6.31. The van der Waals surface area contributed by atoms with E-state index in [1.54, 1.807) is 0 Å². The number of benzene rings is 2. The molecule has 4 rings (SSSR count). The third kappa shape index (κ3) is 3.22. The quantitative estimate of drug-likeness (QED) is 0.554. The van der Waals surface area contributed by atoms with E-state index < -0.39 is 0 Å². The van der Waals surface area contributed by atoms with Crippen LogP contribution < -0.4 is 0 Å². The minimum Gasteiger partial charge on any atom is -0.334 e. The normalized spacial score (nSPS) is 13.2. The van der Waals surface area contributed by atoms with Gasteiger partial charge in [0.1, 0.15) is 5.82 Å². The standard InChI is InChI=1S/C20H19ClN2.ClH/c1-14-5-6-17(12-18(14)21)15-7-9-16(10-8-15)19-13-23-11-3-2-4-20(23)22-19;/h5-10,12-13H,2-4,11H2,1H3;1H. The Morgan fingerprint density at radius 1 is 0.958 bits per heavy atom. The molecule has 24 heavy (non-hydrogen) atoms. The van der Waals surface area contributed by atoms with Crippen molar-refractivity contribution in [2.45, 2.75) is 32.7 Å². The summed E-state index contributed by atoms with van der Waals surface area (Å²) in [5.74, 6) is 1.22. The van der Waals surface area contributed by atoms with Crippen molar-refractivity contribution < 1.29 is 0 Å². The zero-order chi connectivity index (χ0) is 15.8. The van der Waals surface area contributed by atoms with E-state index in [2.05, 4.69) is 47.2 Å². The van der Waals surface area contributed by atoms with Gasteiger partial charge in [0.2, 0.25) is 0 Å². The first-order valence-electron chi connectivity index (χ1n) is 8.14. The molecule has 2 heterocycles. The molecule has 2 nitrogen and oxygen atoms in total. The van der Waals surface area contributed by atoms with Crippen LogP contribution >= 0.6 is 24.0 Å². The van der Waals surface area contributed by atoms with Gasteiger partial charge in [-0.25, -0.2) is 4.98 Å². The van der Waals surface area contributed by atoms with Crippen molar-refractivity contribution in [2.75, 3.05) is 0 Å². The summed E-state index contributed by atoms with van der Waals surface area (Å²) >= 11 is 6.24. The van der Waals surface area contributed by atoms with Gasteiger partial charge in [0.25, 0.3) is 0 Å². The second-order valence-electron chi connectivity index (χ2n) is 6.23. The molecule has 4 heteroatoms. The lowest BCUT2D eigenvalue weighted by atomic mass is 10.0. The zero-order valence-electron chi connectivity index (χ0n) is 13.6. The fraction of sp³-hybridized carbons (Fsp3) is 0.250. The van der Waals surface area contributed by atoms with Crippen molar-refractivity contribution in [1.82, 2.24) is 9.55 Å². The molecule has 0 spiro atoms. The van der Waals surface area contributed by atoms with Gasteiger partial charge in [0, 0.05) is 29.7 Å². The molecule has 0 N–H and O–H groups in total. The highest BCUT2D eigenvalue weighted by Gasteiger charge is 2.13. The van der Waals surface area contributed by atoms with Crippen molar-refractivity contribution in [2.24, 2.45) is 0 Å². The first-order valence-corrected chi connectivity index (χ1v) is 8.51. The number of nitrogens with zero attached hydrogens (tertiary/aromatic N) is 2. The molecule has 0 atom stereocenters. The van der Waals surface area contributed by atoms with Gasteiger partial charge in [-0.05, 0) is 42.5 Å². The van der Waals surface area contributed by atoms with Gasteiger partial charge in [-0.2, -0.15) is 0 Å². The van der Waals surface area contributed by atoms with E-state index in [-0.39, 0.29) is 12.4 Å². The number of halogens is 2. The molecule has 0 bridgehead atoms. The number of fused-ring (bicyclic) bond motifs is 1. The number of imidazole rings is 1. The van der Waals surface area contributed by atoms with Crippen LogP contribution in [0.4, 0.5) is 0 Å². The molecule has 1 aromatic heterocycles. The van der Waals surface area contributed by atoms with Gasteiger partial charge < -0.3 is 4.57 Å². The predicted molar refractivity (Wildman–Crippen MR) is 103 cm³/mol. The van der Waals surface area contributed by atoms with Crippen LogP contribution in [0, 0.1) is 6.92 Å². The van der Waals surface area contributed by atoms with Gasteiger partial charge in [0.05, 0.1) is 5.69 Å². The molecule has 2 aromatic carbocycles. The lowest BCUT2D eigenvalue weighted by Gasteiger charge is -2.11. The van der Waals surface area contributed by atoms with Gasteiger partial charge in [-0.1, -0.05) is 48.0 Å². The second-order valence-corrected chi connectivity index (χ2v) is 6.64. The van der Waals surface area contributed by atoms with Crippen LogP contribution in [0.2, 0.25) is 5.02 Å². The minimum atomic E-state index is 0. The number of aryl methyl sites for hydroxylation is 3. The summed E-state index contributed by atoms with van der Waals surface area (Å²) in [7, 11) is 0. The Hall–Kier alpha value is -1.77. The molecule has 0 saturated carbocycles. The lowest BCUT2D eigenvalue weighted by Crippen LogP contribution is -2.08. The van der Waals surface area contributed by atoms with E-state index in [9.17, 15) is 0 Å². The fourth-order valence-electron chi connectivity index (χ4n) is 3.16. The Labute approximate surface area is 153 Å². The van der Waals surface area contributed by atoms with Crippen LogP contribution in [0.5, 0.6) is 0 Å². The predicted octanol–water partition coefficient (Wildman–Crippen LogP) is 5.94. The molecule has 124 valence electrons. The number of hydrogen-bond donors (Lipinski definition) is 0. The van der Waals surface area contributed by atoms with Crippen LogP contribution in [0.3, 0.4) is 0 Å². The average molecular weight is 359 g/mol. The Balaban J connectivity index is 0.00000169. The maximum Gasteiger partial charge on any atom is 0.109 e. The van der Waals surface area contributed by atoms with Crippen molar-refractivity contribution in [3.8, 4) is 22.4 Å². The summed E-state index contributed by atoms with van der Waals surface area (Å²) in [6.07, 6.45) is 5.80. The van der Waals surface area contributed by atoms with Crippen molar-refractivity contribution in [3.05, 3.63) is 65.1 Å². The lowest BCUT2D eigenvalue weighted by molar-refractivity contribution is 0.522. The molecule has 1 aliphatic heterocycles. The summed E-state index contributed by atoms with van der Waals surface area (Å²) < 4.78 is 2.30. The number of hydrogen-bond acceptors (Lipinski definition) is 1. The van der Waals surface area contributed by atoms with Gasteiger partial charge in [0.15, 0.2) is 0 Å². The zero-order valence-corrected chi connectivity index (χ0v) is 15.2. The van der Waals surface area contributed by atoms with Crippen molar-refractivity contribution in [3.63, 3.8) is 0 Å². The van der Waals surface area contributed by atoms with Gasteiger partial charge in [-0.3, -0.25) is 0 Å². The van der Waals surface area contributed by atoms with Crippen LogP contribution in [-0.2, 0) is 13.0 Å². The largest absolute Gasteiger partial charge is 0.334 e. The van der Waals surface area contributed by atoms with Gasteiger partial charge in [-0.15, -0.1) is 12.4 Å². The van der Waals surface area contributed by atoms with E-state index in [0.717, 1.165) is 34.8 Å². The molecule has 0 aliphatic carbocycles. The highest BCUT2D eigenvalue weighted by Crippen LogP contribution is 2.28. The molecule has 0 unspecified atom stereocenters. The minimum absolute atomic E-state index is 0. The van der Waals surface area contributed by atoms with E-state index >= 15 is 0 Å². The van der Waals surface area contributed by atoms with E-state index in [0.29, 0.717) is 0 Å². The van der Waals surface area contributed by atoms with Crippen molar-refractivity contribution >= 4 is 24.0 Å². The monoisotopic (exact) mass is 358 g/mol. The molecule has 0 amide bonds. The molecule has 0 saturated heterocycles. The van der Waals surface area contributed by atoms with Crippen molar-refractivity contribution in [1.29, 1.82) is 0 Å². The first-order chi connectivity index (χ1) is 11.2. The van der Waals surface area contributed by atoms with Crippen LogP contribution in [0.1, 0.15) is 24.2 Å². The second kappa shape index (κ2) is 7.00. The van der Waals surface area contributed by atoms with Crippen LogP contribution in [-0.4, -0.2) is 9.55 Å². The maximum absolute atomic E-state index is 6.24. The summed E-state index contributed by atoms with van der Waals surface area (Å²) in [4.78, 5) is 4.79. The number of aromatic nitrogens is 2. The maximum atomic E-state index is 6.24. The molecule has 3 aromatic rings. The smallest absolute Gasteiger partial charge is 0.109 e. The summed E-state index contributed by atoms with van der Waals surface area (Å²) in [5.41, 5.74) is 5.69. The Morgan fingerprint density at radius 2 is 1.67 bits per heavy atom. The van der Waals surface area contributed by atoms with Crippen LogP contribution in [0.15, 0.2) is 48.7 Å². The van der Waals surface area contributed by atoms with E-state index in [1.807, 2.05) is 13.0 Å². The third-order valence-corrected chi connectivity index (χ3v) is 5.00. The Bertz CT molecular complexity index is 827. The molecular formula is C20H20Cl2N2. The number of rotatable bonds is 2. The van der Waals surface area contributed by atoms with E-state index in [1.165, 1.54) is 29.8 Å². The molecular weight excluding hydrogens is 339 g/mol. The molecule has 0 fully saturated rings. The van der Waals surface area contributed by atoms with E-state index in [4.69, 9.17) is 16.6 Å². The Kier molecular flexibility index (Phi) is 4.98. The Morgan fingerprint density at radius 3 is 2.38 bits per heavy atom. The highest BCUT2D eigenvalue weighted by atomic mass is 35.5. The molecule has 1 aliphatic rings. The van der Waals surface area contributed by atoms with Gasteiger partial charge >= 0.3 is 0 Å². The fourth-order valence-corrected chi connectivity index (χ4v) is 3.34.